The molecule has 82 valence electrons. The summed E-state index contributed by atoms with van der Waals surface area (Å²) in [6.07, 6.45) is 3.29. The van der Waals surface area contributed by atoms with E-state index in [1.807, 2.05) is 0 Å². The normalized spacial score (nSPS) is 21.7. The maximum atomic E-state index is 13.4. The number of halogens is 3. The molecule has 2 rings (SSSR count). The van der Waals surface area contributed by atoms with E-state index in [1.165, 1.54) is 6.07 Å². The van der Waals surface area contributed by atoms with Crippen molar-refractivity contribution in [3.05, 3.63) is 33.6 Å². The zero-order valence-corrected chi connectivity index (χ0v) is 9.71. The summed E-state index contributed by atoms with van der Waals surface area (Å²) in [5.41, 5.74) is 0.779. The predicted molar refractivity (Wildman–Crippen MR) is 61.0 cm³/mol. The quantitative estimate of drug-likeness (QED) is 0.742. The SMILES string of the molecule is Fc1cc(Cl)cc(C2CCCCN2)c1Cl. The van der Waals surface area contributed by atoms with E-state index in [4.69, 9.17) is 23.2 Å². The lowest BCUT2D eigenvalue weighted by atomic mass is 9.97. The Balaban J connectivity index is 2.33. The van der Waals surface area contributed by atoms with E-state index in [1.54, 1.807) is 6.07 Å². The molecule has 0 bridgehead atoms. The highest BCUT2D eigenvalue weighted by atomic mass is 35.5. The standard InChI is InChI=1S/C11H12Cl2FN/c12-7-5-8(11(13)9(14)6-7)10-3-1-2-4-15-10/h5-6,10,15H,1-4H2. The van der Waals surface area contributed by atoms with Crippen LogP contribution >= 0.6 is 23.2 Å². The first-order chi connectivity index (χ1) is 7.18. The Morgan fingerprint density at radius 3 is 2.73 bits per heavy atom. The first-order valence-electron chi connectivity index (χ1n) is 5.06. The average Bonchev–Trinajstić information content (AvgIpc) is 2.24. The molecule has 0 radical (unpaired) electrons. The van der Waals surface area contributed by atoms with Gasteiger partial charge in [0.2, 0.25) is 0 Å². The van der Waals surface area contributed by atoms with E-state index < -0.39 is 5.82 Å². The van der Waals surface area contributed by atoms with Crippen LogP contribution in [0.1, 0.15) is 30.9 Å². The van der Waals surface area contributed by atoms with Crippen molar-refractivity contribution in [2.75, 3.05) is 6.54 Å². The largest absolute Gasteiger partial charge is 0.310 e. The molecule has 0 aromatic heterocycles. The van der Waals surface area contributed by atoms with Crippen LogP contribution < -0.4 is 5.32 Å². The third kappa shape index (κ3) is 2.44. The highest BCUT2D eigenvalue weighted by molar-refractivity contribution is 6.33. The van der Waals surface area contributed by atoms with Crippen molar-refractivity contribution in [3.63, 3.8) is 0 Å². The van der Waals surface area contributed by atoms with Gasteiger partial charge in [-0.3, -0.25) is 0 Å². The summed E-state index contributed by atoms with van der Waals surface area (Å²) in [4.78, 5) is 0. The topological polar surface area (TPSA) is 12.0 Å². The van der Waals surface area contributed by atoms with E-state index in [9.17, 15) is 4.39 Å². The molecule has 1 N–H and O–H groups in total. The van der Waals surface area contributed by atoms with Crippen LogP contribution in [0.15, 0.2) is 12.1 Å². The third-order valence-electron chi connectivity index (χ3n) is 2.71. The summed E-state index contributed by atoms with van der Waals surface area (Å²) in [5, 5.41) is 3.92. The molecule has 1 saturated heterocycles. The van der Waals surface area contributed by atoms with Crippen molar-refractivity contribution >= 4 is 23.2 Å². The molecule has 0 spiro atoms. The molecule has 1 aliphatic heterocycles. The molecular weight excluding hydrogens is 236 g/mol. The fourth-order valence-electron chi connectivity index (χ4n) is 1.95. The van der Waals surface area contributed by atoms with Crippen LogP contribution in [-0.2, 0) is 0 Å². The minimum Gasteiger partial charge on any atom is -0.310 e. The summed E-state index contributed by atoms with van der Waals surface area (Å²) in [6.45, 7) is 0.953. The van der Waals surface area contributed by atoms with E-state index in [2.05, 4.69) is 5.32 Å². The minimum absolute atomic E-state index is 0.138. The summed E-state index contributed by atoms with van der Waals surface area (Å²) in [6, 6.07) is 3.13. The van der Waals surface area contributed by atoms with Crippen LogP contribution in [0.3, 0.4) is 0 Å². The maximum Gasteiger partial charge on any atom is 0.143 e. The van der Waals surface area contributed by atoms with Gasteiger partial charge in [0.1, 0.15) is 5.82 Å². The number of piperidine rings is 1. The summed E-state index contributed by atoms with van der Waals surface area (Å²) in [7, 11) is 0. The van der Waals surface area contributed by atoms with Gasteiger partial charge in [-0.05, 0) is 37.1 Å². The van der Waals surface area contributed by atoms with Crippen molar-refractivity contribution in [1.29, 1.82) is 0 Å². The zero-order valence-electron chi connectivity index (χ0n) is 8.19. The smallest absolute Gasteiger partial charge is 0.143 e. The molecule has 0 saturated carbocycles. The van der Waals surface area contributed by atoms with Gasteiger partial charge in [-0.15, -0.1) is 0 Å². The van der Waals surface area contributed by atoms with Gasteiger partial charge in [0.25, 0.3) is 0 Å². The Bertz CT molecular complexity index is 362. The lowest BCUT2D eigenvalue weighted by Gasteiger charge is -2.24. The number of nitrogens with one attached hydrogen (secondary N) is 1. The second-order valence-corrected chi connectivity index (χ2v) is 4.61. The number of benzene rings is 1. The molecule has 1 aliphatic rings. The molecule has 1 fully saturated rings. The van der Waals surface area contributed by atoms with Gasteiger partial charge >= 0.3 is 0 Å². The molecule has 0 amide bonds. The van der Waals surface area contributed by atoms with E-state index in [0.29, 0.717) is 5.02 Å². The average molecular weight is 248 g/mol. The van der Waals surface area contributed by atoms with Crippen molar-refractivity contribution in [3.8, 4) is 0 Å². The van der Waals surface area contributed by atoms with Gasteiger partial charge in [-0.25, -0.2) is 4.39 Å². The minimum atomic E-state index is -0.438. The van der Waals surface area contributed by atoms with Crippen LogP contribution in [-0.4, -0.2) is 6.54 Å². The van der Waals surface area contributed by atoms with Gasteiger partial charge < -0.3 is 5.32 Å². The maximum absolute atomic E-state index is 13.4. The van der Waals surface area contributed by atoms with Crippen molar-refractivity contribution in [1.82, 2.24) is 5.32 Å². The van der Waals surface area contributed by atoms with Gasteiger partial charge in [-0.2, -0.15) is 0 Å². The van der Waals surface area contributed by atoms with Crippen LogP contribution in [0.5, 0.6) is 0 Å². The summed E-state index contributed by atoms with van der Waals surface area (Å²) < 4.78 is 13.4. The molecule has 1 heterocycles. The van der Waals surface area contributed by atoms with Crippen molar-refractivity contribution < 1.29 is 4.39 Å². The molecular formula is C11H12Cl2FN. The van der Waals surface area contributed by atoms with Crippen LogP contribution in [0.2, 0.25) is 10.0 Å². The summed E-state index contributed by atoms with van der Waals surface area (Å²) in [5.74, 6) is -0.438. The Morgan fingerprint density at radius 2 is 2.07 bits per heavy atom. The molecule has 1 aromatic carbocycles. The van der Waals surface area contributed by atoms with Crippen molar-refractivity contribution in [2.24, 2.45) is 0 Å². The second kappa shape index (κ2) is 4.69. The predicted octanol–water partition coefficient (Wildman–Crippen LogP) is 3.95. The lowest BCUT2D eigenvalue weighted by Crippen LogP contribution is -2.27. The Labute approximate surface area is 98.6 Å². The van der Waals surface area contributed by atoms with Crippen LogP contribution in [0.25, 0.3) is 0 Å². The van der Waals surface area contributed by atoms with Gasteiger partial charge in [-0.1, -0.05) is 29.6 Å². The first-order valence-corrected chi connectivity index (χ1v) is 5.82. The number of hydrogen-bond donors (Lipinski definition) is 1. The fourth-order valence-corrected chi connectivity index (χ4v) is 2.40. The van der Waals surface area contributed by atoms with Crippen molar-refractivity contribution in [2.45, 2.75) is 25.3 Å². The zero-order chi connectivity index (χ0) is 10.8. The second-order valence-electron chi connectivity index (χ2n) is 3.79. The third-order valence-corrected chi connectivity index (χ3v) is 3.32. The Morgan fingerprint density at radius 1 is 1.27 bits per heavy atom. The number of hydrogen-bond acceptors (Lipinski definition) is 1. The monoisotopic (exact) mass is 247 g/mol. The fraction of sp³-hybridized carbons (Fsp3) is 0.455. The lowest BCUT2D eigenvalue weighted by molar-refractivity contribution is 0.411. The molecule has 4 heteroatoms. The highest BCUT2D eigenvalue weighted by Gasteiger charge is 2.19. The number of rotatable bonds is 1. The van der Waals surface area contributed by atoms with Gasteiger partial charge in [0.15, 0.2) is 0 Å². The van der Waals surface area contributed by atoms with E-state index >= 15 is 0 Å². The first kappa shape index (κ1) is 11.2. The Hall–Kier alpha value is -0.310. The molecule has 1 unspecified atom stereocenters. The summed E-state index contributed by atoms with van der Waals surface area (Å²) >= 11 is 11.7. The van der Waals surface area contributed by atoms with Gasteiger partial charge in [0, 0.05) is 11.1 Å². The highest BCUT2D eigenvalue weighted by Crippen LogP contribution is 2.32. The van der Waals surface area contributed by atoms with Crippen LogP contribution in [0.4, 0.5) is 4.39 Å². The molecule has 1 atom stereocenters. The molecule has 1 nitrogen and oxygen atoms in total. The van der Waals surface area contributed by atoms with E-state index in [0.717, 1.165) is 31.4 Å². The van der Waals surface area contributed by atoms with Crippen LogP contribution in [0, 0.1) is 5.82 Å². The van der Waals surface area contributed by atoms with Gasteiger partial charge in [0.05, 0.1) is 5.02 Å². The molecule has 1 aromatic rings. The molecule has 0 aliphatic carbocycles. The Kier molecular flexibility index (Phi) is 3.49. The van der Waals surface area contributed by atoms with E-state index in [-0.39, 0.29) is 11.1 Å². The molecule has 15 heavy (non-hydrogen) atoms.